The van der Waals surface area contributed by atoms with Crippen molar-refractivity contribution < 1.29 is 0 Å². The SMILES string of the molecule is CCCc1nc2cnc(C)c(C)c2n1CCCCCSC. The fourth-order valence-corrected chi connectivity index (χ4v) is 3.27. The second-order valence-corrected chi connectivity index (χ2v) is 6.67. The zero-order valence-electron chi connectivity index (χ0n) is 13.8. The lowest BCUT2D eigenvalue weighted by Gasteiger charge is -2.11. The van der Waals surface area contributed by atoms with Crippen LogP contribution in [-0.4, -0.2) is 26.5 Å². The van der Waals surface area contributed by atoms with E-state index in [0.29, 0.717) is 0 Å². The number of pyridine rings is 1. The van der Waals surface area contributed by atoms with Crippen LogP contribution >= 0.6 is 11.8 Å². The first-order chi connectivity index (χ1) is 10.2. The molecule has 2 aromatic heterocycles. The standard InChI is InChI=1S/C17H27N3S/c1-5-9-16-19-15-12-18-14(3)13(2)17(15)20(16)10-7-6-8-11-21-4/h12H,5-11H2,1-4H3. The summed E-state index contributed by atoms with van der Waals surface area (Å²) in [6.45, 7) is 7.57. The van der Waals surface area contributed by atoms with E-state index in [9.17, 15) is 0 Å². The summed E-state index contributed by atoms with van der Waals surface area (Å²) in [5.41, 5.74) is 4.77. The highest BCUT2D eigenvalue weighted by atomic mass is 32.2. The number of aryl methyl sites for hydroxylation is 4. The molecule has 21 heavy (non-hydrogen) atoms. The van der Waals surface area contributed by atoms with Crippen LogP contribution in [0.15, 0.2) is 6.20 Å². The third-order valence-corrected chi connectivity index (χ3v) is 4.75. The summed E-state index contributed by atoms with van der Waals surface area (Å²) in [4.78, 5) is 9.28. The third kappa shape index (κ3) is 3.79. The van der Waals surface area contributed by atoms with Gasteiger partial charge in [-0.05, 0) is 50.7 Å². The Labute approximate surface area is 132 Å². The van der Waals surface area contributed by atoms with Crippen molar-refractivity contribution in [1.29, 1.82) is 0 Å². The molecule has 4 heteroatoms. The number of rotatable bonds is 8. The summed E-state index contributed by atoms with van der Waals surface area (Å²) in [5, 5.41) is 0. The Hall–Kier alpha value is -1.03. The smallest absolute Gasteiger partial charge is 0.109 e. The van der Waals surface area contributed by atoms with Gasteiger partial charge in [0.15, 0.2) is 0 Å². The summed E-state index contributed by atoms with van der Waals surface area (Å²) < 4.78 is 2.45. The number of hydrogen-bond donors (Lipinski definition) is 0. The van der Waals surface area contributed by atoms with E-state index in [1.807, 2.05) is 18.0 Å². The Morgan fingerprint density at radius 2 is 2.00 bits per heavy atom. The first kappa shape index (κ1) is 16.3. The molecule has 0 radical (unpaired) electrons. The molecule has 0 saturated carbocycles. The van der Waals surface area contributed by atoms with Crippen molar-refractivity contribution in [3.63, 3.8) is 0 Å². The summed E-state index contributed by atoms with van der Waals surface area (Å²) in [6, 6.07) is 0. The lowest BCUT2D eigenvalue weighted by Crippen LogP contribution is -2.05. The number of nitrogens with zero attached hydrogens (tertiary/aromatic N) is 3. The average molecular weight is 305 g/mol. The molecular formula is C17H27N3S. The number of fused-ring (bicyclic) bond motifs is 1. The van der Waals surface area contributed by atoms with Crippen molar-refractivity contribution in [3.8, 4) is 0 Å². The molecule has 116 valence electrons. The van der Waals surface area contributed by atoms with Gasteiger partial charge in [-0.3, -0.25) is 4.98 Å². The van der Waals surface area contributed by atoms with Crippen LogP contribution < -0.4 is 0 Å². The fraction of sp³-hybridized carbons (Fsp3) is 0.647. The Balaban J connectivity index is 2.25. The van der Waals surface area contributed by atoms with E-state index in [-0.39, 0.29) is 0 Å². The zero-order chi connectivity index (χ0) is 15.2. The molecule has 0 saturated heterocycles. The minimum Gasteiger partial charge on any atom is -0.328 e. The first-order valence-electron chi connectivity index (χ1n) is 7.99. The van der Waals surface area contributed by atoms with Gasteiger partial charge in [0, 0.05) is 18.7 Å². The number of hydrogen-bond acceptors (Lipinski definition) is 3. The predicted molar refractivity (Wildman–Crippen MR) is 93.2 cm³/mol. The average Bonchev–Trinajstić information content (AvgIpc) is 2.82. The van der Waals surface area contributed by atoms with Crippen molar-refractivity contribution >= 4 is 22.8 Å². The van der Waals surface area contributed by atoms with E-state index in [2.05, 4.69) is 36.6 Å². The quantitative estimate of drug-likeness (QED) is 0.671. The van der Waals surface area contributed by atoms with Crippen LogP contribution in [-0.2, 0) is 13.0 Å². The second kappa shape index (κ2) is 7.83. The molecule has 0 atom stereocenters. The summed E-state index contributed by atoms with van der Waals surface area (Å²) >= 11 is 1.94. The van der Waals surface area contributed by atoms with Gasteiger partial charge in [-0.25, -0.2) is 4.98 Å². The Bertz CT molecular complexity index is 589. The number of imidazole rings is 1. The van der Waals surface area contributed by atoms with Gasteiger partial charge in [0.25, 0.3) is 0 Å². The molecule has 0 aliphatic carbocycles. The van der Waals surface area contributed by atoms with Gasteiger partial charge in [-0.1, -0.05) is 13.3 Å². The van der Waals surface area contributed by atoms with E-state index in [0.717, 1.165) is 30.6 Å². The van der Waals surface area contributed by atoms with Crippen molar-refractivity contribution in [2.24, 2.45) is 0 Å². The Kier molecular flexibility index (Phi) is 6.09. The number of aromatic nitrogens is 3. The van der Waals surface area contributed by atoms with Crippen LogP contribution in [0.2, 0.25) is 0 Å². The molecule has 0 aliphatic heterocycles. The zero-order valence-corrected chi connectivity index (χ0v) is 14.6. The van der Waals surface area contributed by atoms with Crippen molar-refractivity contribution in [1.82, 2.24) is 14.5 Å². The summed E-state index contributed by atoms with van der Waals surface area (Å²) in [6.07, 6.45) is 10.2. The molecule has 0 spiro atoms. The van der Waals surface area contributed by atoms with Gasteiger partial charge in [-0.15, -0.1) is 0 Å². The first-order valence-corrected chi connectivity index (χ1v) is 9.38. The van der Waals surface area contributed by atoms with E-state index < -0.39 is 0 Å². The second-order valence-electron chi connectivity index (χ2n) is 5.69. The fourth-order valence-electron chi connectivity index (χ4n) is 2.78. The van der Waals surface area contributed by atoms with Gasteiger partial charge in [0.05, 0.1) is 11.7 Å². The molecule has 0 unspecified atom stereocenters. The minimum atomic E-state index is 1.05. The van der Waals surface area contributed by atoms with Crippen LogP contribution in [0, 0.1) is 13.8 Å². The van der Waals surface area contributed by atoms with E-state index >= 15 is 0 Å². The highest BCUT2D eigenvalue weighted by molar-refractivity contribution is 7.98. The van der Waals surface area contributed by atoms with E-state index in [4.69, 9.17) is 4.98 Å². The Morgan fingerprint density at radius 3 is 2.71 bits per heavy atom. The monoisotopic (exact) mass is 305 g/mol. The molecule has 0 N–H and O–H groups in total. The van der Waals surface area contributed by atoms with Crippen molar-refractivity contribution in [2.75, 3.05) is 12.0 Å². The Morgan fingerprint density at radius 1 is 1.19 bits per heavy atom. The number of thioether (sulfide) groups is 1. The molecule has 2 rings (SSSR count). The highest BCUT2D eigenvalue weighted by Crippen LogP contribution is 2.23. The molecule has 2 heterocycles. The minimum absolute atomic E-state index is 1.05. The van der Waals surface area contributed by atoms with E-state index in [1.165, 1.54) is 41.9 Å². The maximum absolute atomic E-state index is 4.82. The highest BCUT2D eigenvalue weighted by Gasteiger charge is 2.13. The van der Waals surface area contributed by atoms with Gasteiger partial charge < -0.3 is 4.57 Å². The summed E-state index contributed by atoms with van der Waals surface area (Å²) in [5.74, 6) is 2.50. The topological polar surface area (TPSA) is 30.7 Å². The molecule has 0 bridgehead atoms. The van der Waals surface area contributed by atoms with Gasteiger partial charge in [0.2, 0.25) is 0 Å². The van der Waals surface area contributed by atoms with Crippen LogP contribution in [0.25, 0.3) is 11.0 Å². The lowest BCUT2D eigenvalue weighted by molar-refractivity contribution is 0.589. The van der Waals surface area contributed by atoms with E-state index in [1.54, 1.807) is 0 Å². The maximum atomic E-state index is 4.82. The van der Waals surface area contributed by atoms with Gasteiger partial charge in [0.1, 0.15) is 11.3 Å². The largest absolute Gasteiger partial charge is 0.328 e. The van der Waals surface area contributed by atoms with Crippen LogP contribution in [0.4, 0.5) is 0 Å². The van der Waals surface area contributed by atoms with Gasteiger partial charge in [-0.2, -0.15) is 11.8 Å². The van der Waals surface area contributed by atoms with Crippen LogP contribution in [0.3, 0.4) is 0 Å². The van der Waals surface area contributed by atoms with Crippen LogP contribution in [0.1, 0.15) is 49.7 Å². The molecule has 2 aromatic rings. The molecular weight excluding hydrogens is 278 g/mol. The summed E-state index contributed by atoms with van der Waals surface area (Å²) in [7, 11) is 0. The molecule has 3 nitrogen and oxygen atoms in total. The molecule has 0 fully saturated rings. The van der Waals surface area contributed by atoms with Crippen LogP contribution in [0.5, 0.6) is 0 Å². The lowest BCUT2D eigenvalue weighted by atomic mass is 10.2. The number of unbranched alkanes of at least 4 members (excludes halogenated alkanes) is 2. The normalized spacial score (nSPS) is 11.4. The third-order valence-electron chi connectivity index (χ3n) is 4.06. The van der Waals surface area contributed by atoms with Crippen molar-refractivity contribution in [2.45, 2.75) is 59.4 Å². The molecule has 0 aromatic carbocycles. The van der Waals surface area contributed by atoms with Gasteiger partial charge >= 0.3 is 0 Å². The predicted octanol–water partition coefficient (Wildman–Crippen LogP) is 4.53. The maximum Gasteiger partial charge on any atom is 0.109 e. The van der Waals surface area contributed by atoms with Crippen molar-refractivity contribution in [3.05, 3.63) is 23.3 Å². The molecule has 0 amide bonds. The molecule has 0 aliphatic rings.